The van der Waals surface area contributed by atoms with Crippen LogP contribution < -0.4 is 4.70 Å². The van der Waals surface area contributed by atoms with Gasteiger partial charge in [0.15, 0.2) is 6.61 Å². The molecule has 6 heteroatoms. The number of alkyl halides is 3. The van der Waals surface area contributed by atoms with Gasteiger partial charge in [-0.05, 0) is 6.92 Å². The highest BCUT2D eigenvalue weighted by Gasteiger charge is 2.29. The van der Waals surface area contributed by atoms with Gasteiger partial charge in [-0.3, -0.25) is 0 Å². The van der Waals surface area contributed by atoms with E-state index in [0.29, 0.717) is 0 Å². The van der Waals surface area contributed by atoms with Crippen molar-refractivity contribution in [3.05, 3.63) is 12.2 Å². The highest BCUT2D eigenvalue weighted by molar-refractivity contribution is 5.86. The van der Waals surface area contributed by atoms with Crippen LogP contribution in [0, 0.1) is 0 Å². The summed E-state index contributed by atoms with van der Waals surface area (Å²) in [5.74, 6) is -1.03. The second kappa shape index (κ2) is 4.74. The van der Waals surface area contributed by atoms with Crippen LogP contribution in [-0.2, 0) is 9.53 Å². The molecule has 0 bridgehead atoms. The van der Waals surface area contributed by atoms with E-state index in [1.165, 1.54) is 6.92 Å². The first-order chi connectivity index (χ1) is 4.83. The monoisotopic (exact) mass is 187 g/mol. The van der Waals surface area contributed by atoms with Crippen LogP contribution in [0.5, 0.6) is 0 Å². The van der Waals surface area contributed by atoms with Crippen molar-refractivity contribution >= 4 is 5.97 Å². The van der Waals surface area contributed by atoms with Gasteiger partial charge in [-0.25, -0.2) is 4.79 Å². The number of hydrogen-bond acceptors (Lipinski definition) is 2. The van der Waals surface area contributed by atoms with Gasteiger partial charge in [0.2, 0.25) is 0 Å². The zero-order chi connectivity index (χ0) is 9.07. The predicted molar refractivity (Wildman–Crippen MR) is 31.8 cm³/mol. The third kappa shape index (κ3) is 7.04. The van der Waals surface area contributed by atoms with Crippen LogP contribution in [0.2, 0.25) is 0 Å². The minimum Gasteiger partial charge on any atom is -1.00 e. The number of carbonyl (C=O) groups is 1. The molecule has 0 N–H and O–H groups in total. The van der Waals surface area contributed by atoms with Gasteiger partial charge in [0, 0.05) is 5.57 Å². The number of rotatable bonds is 2. The maximum absolute atomic E-state index is 11.4. The SMILES string of the molecule is C=C(C)C(=O)OCC(F)(F)F.[F-]. The second-order valence-electron chi connectivity index (χ2n) is 1.97. The third-order valence-corrected chi connectivity index (χ3v) is 0.715. The molecule has 0 aromatic heterocycles. The van der Waals surface area contributed by atoms with E-state index in [1.807, 2.05) is 0 Å². The topological polar surface area (TPSA) is 26.3 Å². The first kappa shape index (κ1) is 13.5. The van der Waals surface area contributed by atoms with Crippen molar-refractivity contribution in [3.8, 4) is 0 Å². The number of halogens is 4. The van der Waals surface area contributed by atoms with Crippen molar-refractivity contribution in [3.63, 3.8) is 0 Å². The van der Waals surface area contributed by atoms with E-state index in [9.17, 15) is 18.0 Å². The van der Waals surface area contributed by atoms with E-state index in [2.05, 4.69) is 11.3 Å². The first-order valence-corrected chi connectivity index (χ1v) is 2.72. The summed E-state index contributed by atoms with van der Waals surface area (Å²) in [6.07, 6.45) is -4.47. The lowest BCUT2D eigenvalue weighted by Gasteiger charge is -2.06. The van der Waals surface area contributed by atoms with Crippen molar-refractivity contribution in [2.24, 2.45) is 0 Å². The van der Waals surface area contributed by atoms with E-state index in [0.717, 1.165) is 0 Å². The average Bonchev–Trinajstić information content (AvgIpc) is 1.80. The molecule has 0 rings (SSSR count). The number of esters is 1. The van der Waals surface area contributed by atoms with E-state index >= 15 is 0 Å². The zero-order valence-corrected chi connectivity index (χ0v) is 6.24. The van der Waals surface area contributed by atoms with Gasteiger partial charge < -0.3 is 9.44 Å². The molecule has 0 atom stereocenters. The summed E-state index contributed by atoms with van der Waals surface area (Å²) >= 11 is 0. The Morgan fingerprint density at radius 1 is 1.50 bits per heavy atom. The van der Waals surface area contributed by atoms with E-state index < -0.39 is 18.8 Å². The van der Waals surface area contributed by atoms with Gasteiger partial charge in [-0.2, -0.15) is 13.2 Å². The van der Waals surface area contributed by atoms with E-state index in [1.54, 1.807) is 0 Å². The van der Waals surface area contributed by atoms with Crippen molar-refractivity contribution in [2.75, 3.05) is 6.61 Å². The molecule has 0 spiro atoms. The van der Waals surface area contributed by atoms with Gasteiger partial charge in [0.1, 0.15) is 0 Å². The Morgan fingerprint density at radius 2 is 1.92 bits per heavy atom. The Kier molecular flexibility index (Phi) is 5.33. The number of hydrogen-bond donors (Lipinski definition) is 0. The Balaban J connectivity index is 0. The molecular formula is C6H7F4O2-. The molecule has 2 nitrogen and oxygen atoms in total. The van der Waals surface area contributed by atoms with Gasteiger partial charge in [-0.1, -0.05) is 6.58 Å². The van der Waals surface area contributed by atoms with Gasteiger partial charge in [-0.15, -0.1) is 0 Å². The van der Waals surface area contributed by atoms with Gasteiger partial charge >= 0.3 is 12.1 Å². The molecule has 0 aromatic carbocycles. The second-order valence-corrected chi connectivity index (χ2v) is 1.97. The van der Waals surface area contributed by atoms with Crippen LogP contribution in [-0.4, -0.2) is 18.8 Å². The Bertz CT molecular complexity index is 173. The normalized spacial score (nSPS) is 10.0. The summed E-state index contributed by atoms with van der Waals surface area (Å²) in [6.45, 7) is 2.83. The van der Waals surface area contributed by atoms with Crippen molar-refractivity contribution in [1.82, 2.24) is 0 Å². The molecule has 0 aromatic rings. The molecule has 0 amide bonds. The molecule has 0 saturated heterocycles. The zero-order valence-electron chi connectivity index (χ0n) is 6.24. The van der Waals surface area contributed by atoms with Crippen LogP contribution in [0.1, 0.15) is 6.92 Å². The standard InChI is InChI=1S/C6H7F3O2.FH/c1-4(2)5(10)11-3-6(7,8)9;/h1,3H2,2H3;1H/p-1. The lowest BCUT2D eigenvalue weighted by molar-refractivity contribution is -0.183. The summed E-state index contributed by atoms with van der Waals surface area (Å²) in [7, 11) is 0. The molecule has 0 aliphatic heterocycles. The molecule has 0 aliphatic rings. The van der Waals surface area contributed by atoms with Crippen molar-refractivity contribution < 1.29 is 27.4 Å². The Labute approximate surface area is 66.4 Å². The largest absolute Gasteiger partial charge is 1.00 e. The van der Waals surface area contributed by atoms with Crippen LogP contribution in [0.4, 0.5) is 13.2 Å². The lowest BCUT2D eigenvalue weighted by atomic mass is 10.4. The minimum atomic E-state index is -4.47. The Morgan fingerprint density at radius 3 is 2.17 bits per heavy atom. The summed E-state index contributed by atoms with van der Waals surface area (Å²) in [4.78, 5) is 10.4. The quantitative estimate of drug-likeness (QED) is 0.304. The molecule has 0 heterocycles. The summed E-state index contributed by atoms with van der Waals surface area (Å²) in [5, 5.41) is 0. The molecule has 0 fully saturated rings. The molecule has 72 valence electrons. The number of ether oxygens (including phenoxy) is 1. The average molecular weight is 187 g/mol. The van der Waals surface area contributed by atoms with Crippen LogP contribution in [0.3, 0.4) is 0 Å². The molecule has 0 aliphatic carbocycles. The van der Waals surface area contributed by atoms with Gasteiger partial charge in [0.05, 0.1) is 0 Å². The van der Waals surface area contributed by atoms with E-state index in [-0.39, 0.29) is 10.3 Å². The highest BCUT2D eigenvalue weighted by Crippen LogP contribution is 2.14. The fraction of sp³-hybridized carbons (Fsp3) is 0.500. The van der Waals surface area contributed by atoms with Crippen molar-refractivity contribution in [2.45, 2.75) is 13.1 Å². The fourth-order valence-electron chi connectivity index (χ4n) is 0.271. The minimum absolute atomic E-state index is 0. The molecule has 0 unspecified atom stereocenters. The van der Waals surface area contributed by atoms with Crippen LogP contribution in [0.25, 0.3) is 0 Å². The van der Waals surface area contributed by atoms with E-state index in [4.69, 9.17) is 0 Å². The predicted octanol–water partition coefficient (Wildman–Crippen LogP) is -1.33. The fourth-order valence-corrected chi connectivity index (χ4v) is 0.271. The Hall–Kier alpha value is -1.07. The lowest BCUT2D eigenvalue weighted by Crippen LogP contribution is -3.00. The van der Waals surface area contributed by atoms with Crippen molar-refractivity contribution in [1.29, 1.82) is 0 Å². The summed E-state index contributed by atoms with van der Waals surface area (Å²) in [5.41, 5.74) is -0.0470. The first-order valence-electron chi connectivity index (χ1n) is 2.72. The maximum Gasteiger partial charge on any atom is 0.422 e. The smallest absolute Gasteiger partial charge is 0.422 e. The molecule has 0 saturated carbocycles. The van der Waals surface area contributed by atoms with Crippen LogP contribution in [0.15, 0.2) is 12.2 Å². The summed E-state index contributed by atoms with van der Waals surface area (Å²) < 4.78 is 37.9. The molecule has 0 radical (unpaired) electrons. The molecule has 12 heavy (non-hydrogen) atoms. The van der Waals surface area contributed by atoms with Crippen LogP contribution >= 0.6 is 0 Å². The molecular weight excluding hydrogens is 180 g/mol. The third-order valence-electron chi connectivity index (χ3n) is 0.715. The summed E-state index contributed by atoms with van der Waals surface area (Å²) in [6, 6.07) is 0. The highest BCUT2D eigenvalue weighted by atomic mass is 19.4. The van der Waals surface area contributed by atoms with Gasteiger partial charge in [0.25, 0.3) is 0 Å². The number of carbonyl (C=O) groups excluding carboxylic acids is 1. The maximum atomic E-state index is 11.4.